The van der Waals surface area contributed by atoms with Gasteiger partial charge in [-0.05, 0) is 64.1 Å². The zero-order valence-electron chi connectivity index (χ0n) is 18.8. The van der Waals surface area contributed by atoms with Crippen molar-refractivity contribution in [1.29, 1.82) is 0 Å². The summed E-state index contributed by atoms with van der Waals surface area (Å²) in [5, 5.41) is 7.11. The maximum atomic E-state index is 5.51. The molecule has 1 aromatic heterocycles. The van der Waals surface area contributed by atoms with Crippen LogP contribution in [-0.2, 0) is 0 Å². The number of thiocarbonyl (C=S) groups is 1. The maximum Gasteiger partial charge on any atom is 0.232 e. The number of nitrogens with one attached hydrogen (secondary N) is 2. The molecule has 162 valence electrons. The fourth-order valence-electron chi connectivity index (χ4n) is 4.43. The van der Waals surface area contributed by atoms with Crippen LogP contribution in [0.5, 0.6) is 0 Å². The van der Waals surface area contributed by atoms with Crippen LogP contribution in [0.4, 0.5) is 17.6 Å². The molecule has 0 spiro atoms. The summed E-state index contributed by atoms with van der Waals surface area (Å²) in [6, 6.07) is 2.18. The van der Waals surface area contributed by atoms with Crippen molar-refractivity contribution in [3.05, 3.63) is 6.07 Å². The Morgan fingerprint density at radius 1 is 0.966 bits per heavy atom. The van der Waals surface area contributed by atoms with Crippen molar-refractivity contribution < 1.29 is 0 Å². The van der Waals surface area contributed by atoms with Gasteiger partial charge in [-0.25, -0.2) is 0 Å². The van der Waals surface area contributed by atoms with Crippen LogP contribution in [0.15, 0.2) is 6.07 Å². The average molecular weight is 419 g/mol. The molecule has 2 fully saturated rings. The Morgan fingerprint density at radius 3 is 2.07 bits per heavy atom. The number of aromatic nitrogens is 2. The minimum Gasteiger partial charge on any atom is -0.358 e. The minimum absolute atomic E-state index is 0.104. The summed E-state index contributed by atoms with van der Waals surface area (Å²) in [4.78, 5) is 14.6. The molecule has 2 atom stereocenters. The number of nitrogens with zero attached hydrogens (tertiary/aromatic N) is 4. The summed E-state index contributed by atoms with van der Waals surface area (Å²) < 4.78 is 0. The van der Waals surface area contributed by atoms with Gasteiger partial charge in [0.25, 0.3) is 0 Å². The molecule has 0 saturated carbocycles. The second kappa shape index (κ2) is 9.45. The van der Waals surface area contributed by atoms with Crippen molar-refractivity contribution in [2.45, 2.75) is 72.3 Å². The van der Waals surface area contributed by atoms with E-state index in [1.54, 1.807) is 0 Å². The van der Waals surface area contributed by atoms with Gasteiger partial charge in [0.2, 0.25) is 5.95 Å². The zero-order valence-corrected chi connectivity index (χ0v) is 19.6. The molecule has 6 nitrogen and oxygen atoms in total. The lowest BCUT2D eigenvalue weighted by atomic mass is 9.92. The van der Waals surface area contributed by atoms with E-state index >= 15 is 0 Å². The lowest BCUT2D eigenvalue weighted by molar-refractivity contribution is 0.355. The van der Waals surface area contributed by atoms with Crippen LogP contribution in [0, 0.1) is 11.8 Å². The van der Waals surface area contributed by atoms with Crippen molar-refractivity contribution in [3.8, 4) is 0 Å². The first-order valence-electron chi connectivity index (χ1n) is 11.2. The quantitative estimate of drug-likeness (QED) is 0.705. The van der Waals surface area contributed by atoms with Gasteiger partial charge >= 0.3 is 0 Å². The van der Waals surface area contributed by atoms with Crippen LogP contribution in [0.1, 0.15) is 66.7 Å². The number of piperidine rings is 1. The van der Waals surface area contributed by atoms with Crippen molar-refractivity contribution in [3.63, 3.8) is 0 Å². The molecule has 0 aliphatic carbocycles. The van der Waals surface area contributed by atoms with Crippen molar-refractivity contribution in [2.75, 3.05) is 41.3 Å². The van der Waals surface area contributed by atoms with Crippen molar-refractivity contribution in [2.24, 2.45) is 11.8 Å². The molecular weight excluding hydrogens is 380 g/mol. The molecule has 3 heterocycles. The third kappa shape index (κ3) is 6.69. The Labute approximate surface area is 181 Å². The van der Waals surface area contributed by atoms with E-state index in [2.05, 4.69) is 61.1 Å². The summed E-state index contributed by atoms with van der Waals surface area (Å²) >= 11 is 5.51. The molecule has 2 aliphatic rings. The van der Waals surface area contributed by atoms with Gasteiger partial charge in [0.15, 0.2) is 5.11 Å². The smallest absolute Gasteiger partial charge is 0.232 e. The molecule has 0 amide bonds. The lowest BCUT2D eigenvalue weighted by Crippen LogP contribution is -2.43. The van der Waals surface area contributed by atoms with Crippen LogP contribution in [0.3, 0.4) is 0 Å². The molecule has 2 aliphatic heterocycles. The maximum absolute atomic E-state index is 5.51. The normalized spacial score (nSPS) is 23.5. The molecule has 0 aromatic carbocycles. The monoisotopic (exact) mass is 418 g/mol. The lowest BCUT2D eigenvalue weighted by Gasteiger charge is -2.36. The third-order valence-electron chi connectivity index (χ3n) is 5.54. The predicted molar refractivity (Wildman–Crippen MR) is 127 cm³/mol. The average Bonchev–Trinajstić information content (AvgIpc) is 2.88. The second-order valence-corrected chi connectivity index (χ2v) is 10.4. The molecule has 29 heavy (non-hydrogen) atoms. The largest absolute Gasteiger partial charge is 0.358 e. The standard InChI is InChI=1S/C22H38N6S/c1-16-12-17(2)15-28(14-16)19-13-18(27-10-8-6-7-9-11-27)23-20(24-19)25-21(29)26-22(3,4)5/h13,16-17H,6-12,14-15H2,1-5H3,(H2,23,24,25,26,29). The van der Waals surface area contributed by atoms with Gasteiger partial charge in [0.05, 0.1) is 0 Å². The highest BCUT2D eigenvalue weighted by atomic mass is 32.1. The topological polar surface area (TPSA) is 56.3 Å². The SMILES string of the molecule is CC1CC(C)CN(c2cc(N3CCCCCC3)nc(NC(=S)NC(C)(C)C)n2)C1. The molecule has 2 N–H and O–H groups in total. The van der Waals surface area contributed by atoms with E-state index in [1.165, 1.54) is 32.1 Å². The van der Waals surface area contributed by atoms with E-state index < -0.39 is 0 Å². The summed E-state index contributed by atoms with van der Waals surface area (Å²) in [7, 11) is 0. The van der Waals surface area contributed by atoms with E-state index in [0.29, 0.717) is 22.9 Å². The first kappa shape index (κ1) is 22.1. The Morgan fingerprint density at radius 2 is 1.52 bits per heavy atom. The van der Waals surface area contributed by atoms with Crippen LogP contribution >= 0.6 is 12.2 Å². The highest BCUT2D eigenvalue weighted by molar-refractivity contribution is 7.80. The molecule has 3 rings (SSSR count). The van der Waals surface area contributed by atoms with E-state index in [9.17, 15) is 0 Å². The molecule has 1 aromatic rings. The molecular formula is C22H38N6S. The van der Waals surface area contributed by atoms with Crippen LogP contribution < -0.4 is 20.4 Å². The fraction of sp³-hybridized carbons (Fsp3) is 0.773. The number of hydrogen-bond acceptors (Lipinski definition) is 5. The first-order chi connectivity index (χ1) is 13.7. The summed E-state index contributed by atoms with van der Waals surface area (Å²) in [6.07, 6.45) is 6.35. The molecule has 7 heteroatoms. The van der Waals surface area contributed by atoms with E-state index in [-0.39, 0.29) is 5.54 Å². The van der Waals surface area contributed by atoms with E-state index in [1.807, 2.05) is 0 Å². The van der Waals surface area contributed by atoms with Crippen LogP contribution in [0.2, 0.25) is 0 Å². The first-order valence-corrected chi connectivity index (χ1v) is 11.6. The van der Waals surface area contributed by atoms with Crippen molar-refractivity contribution in [1.82, 2.24) is 15.3 Å². The predicted octanol–water partition coefficient (Wildman–Crippen LogP) is 4.42. The van der Waals surface area contributed by atoms with Gasteiger partial charge in [-0.3, -0.25) is 0 Å². The summed E-state index contributed by atoms with van der Waals surface area (Å²) in [5.74, 6) is 3.97. The Balaban J connectivity index is 1.87. The number of anilines is 3. The Bertz CT molecular complexity index is 683. The summed E-state index contributed by atoms with van der Waals surface area (Å²) in [6.45, 7) is 15.2. The van der Waals surface area contributed by atoms with Crippen LogP contribution in [-0.4, -0.2) is 46.8 Å². The Hall–Kier alpha value is -1.63. The van der Waals surface area contributed by atoms with Gasteiger partial charge in [-0.2, -0.15) is 9.97 Å². The van der Waals surface area contributed by atoms with Gasteiger partial charge in [0.1, 0.15) is 11.6 Å². The molecule has 2 saturated heterocycles. The Kier molecular flexibility index (Phi) is 7.19. The fourth-order valence-corrected chi connectivity index (χ4v) is 4.82. The van der Waals surface area contributed by atoms with E-state index in [4.69, 9.17) is 22.2 Å². The minimum atomic E-state index is -0.104. The van der Waals surface area contributed by atoms with Crippen LogP contribution in [0.25, 0.3) is 0 Å². The van der Waals surface area contributed by atoms with Gasteiger partial charge in [-0.15, -0.1) is 0 Å². The third-order valence-corrected chi connectivity index (χ3v) is 5.74. The van der Waals surface area contributed by atoms with Gasteiger partial charge < -0.3 is 20.4 Å². The van der Waals surface area contributed by atoms with Gasteiger partial charge in [-0.1, -0.05) is 26.7 Å². The number of rotatable bonds is 3. The zero-order chi connectivity index (χ0) is 21.0. The van der Waals surface area contributed by atoms with Gasteiger partial charge in [0, 0.05) is 37.8 Å². The second-order valence-electron chi connectivity index (χ2n) is 9.99. The highest BCUT2D eigenvalue weighted by Gasteiger charge is 2.25. The molecule has 0 bridgehead atoms. The highest BCUT2D eigenvalue weighted by Crippen LogP contribution is 2.29. The van der Waals surface area contributed by atoms with Crippen molar-refractivity contribution >= 4 is 34.9 Å². The molecule has 0 radical (unpaired) electrons. The van der Waals surface area contributed by atoms with E-state index in [0.717, 1.165) is 37.8 Å². The molecule has 2 unspecified atom stereocenters. The summed E-state index contributed by atoms with van der Waals surface area (Å²) in [5.41, 5.74) is -0.104. The number of hydrogen-bond donors (Lipinski definition) is 2.